The van der Waals surface area contributed by atoms with Gasteiger partial charge in [0.05, 0.1) is 4.90 Å². The molecule has 3 amide bonds. The second-order valence-electron chi connectivity index (χ2n) is 7.77. The predicted octanol–water partition coefficient (Wildman–Crippen LogP) is 3.57. The molecule has 0 aromatic heterocycles. The first kappa shape index (κ1) is 24.0. The fraction of sp³-hybridized carbons (Fsp3) is 0.200. The molecule has 8 heteroatoms. The summed E-state index contributed by atoms with van der Waals surface area (Å²) >= 11 is 0. The lowest BCUT2D eigenvalue weighted by molar-refractivity contribution is -0.120. The Balaban J connectivity index is 1.83. The van der Waals surface area contributed by atoms with Crippen LogP contribution in [0.3, 0.4) is 0 Å². The second-order valence-corrected chi connectivity index (χ2v) is 9.42. The molecule has 3 aromatic carbocycles. The largest absolute Gasteiger partial charge is 0.329 e. The van der Waals surface area contributed by atoms with Gasteiger partial charge in [0.1, 0.15) is 6.04 Å². The quantitative estimate of drug-likeness (QED) is 0.558. The van der Waals surface area contributed by atoms with Gasteiger partial charge >= 0.3 is 6.03 Å². The summed E-state index contributed by atoms with van der Waals surface area (Å²) in [4.78, 5) is 27.5. The van der Waals surface area contributed by atoms with Crippen molar-refractivity contribution in [1.29, 1.82) is 0 Å². The highest BCUT2D eigenvalue weighted by Crippen LogP contribution is 2.19. The number of benzene rings is 3. The van der Waals surface area contributed by atoms with Crippen molar-refractivity contribution >= 4 is 27.6 Å². The Bertz CT molecular complexity index is 1240. The topological polar surface area (TPSA) is 95.6 Å². The van der Waals surface area contributed by atoms with E-state index in [-0.39, 0.29) is 17.2 Å². The van der Waals surface area contributed by atoms with Crippen LogP contribution in [0.4, 0.5) is 10.5 Å². The van der Waals surface area contributed by atoms with Crippen LogP contribution in [-0.4, -0.2) is 33.4 Å². The zero-order chi connectivity index (χ0) is 24.0. The molecule has 0 bridgehead atoms. The molecule has 7 nitrogen and oxygen atoms in total. The van der Waals surface area contributed by atoms with Crippen LogP contribution < -0.4 is 14.9 Å². The summed E-state index contributed by atoms with van der Waals surface area (Å²) in [6, 6.07) is 21.0. The molecular weight excluding hydrogens is 438 g/mol. The van der Waals surface area contributed by atoms with Gasteiger partial charge in [0, 0.05) is 19.2 Å². The average Bonchev–Trinajstić information content (AvgIpc) is 2.78. The van der Waals surface area contributed by atoms with Crippen LogP contribution in [0.2, 0.25) is 0 Å². The van der Waals surface area contributed by atoms with E-state index >= 15 is 0 Å². The Morgan fingerprint density at radius 1 is 0.848 bits per heavy atom. The lowest BCUT2D eigenvalue weighted by atomic mass is 10.0. The van der Waals surface area contributed by atoms with E-state index in [0.717, 1.165) is 11.1 Å². The molecule has 0 heterocycles. The molecule has 0 radical (unpaired) electrons. The number of urea groups is 1. The summed E-state index contributed by atoms with van der Waals surface area (Å²) < 4.78 is 27.4. The molecule has 33 heavy (non-hydrogen) atoms. The van der Waals surface area contributed by atoms with Crippen LogP contribution >= 0.6 is 0 Å². The van der Waals surface area contributed by atoms with Crippen LogP contribution in [-0.2, 0) is 21.2 Å². The number of sulfonamides is 1. The maximum absolute atomic E-state index is 13.4. The molecule has 0 saturated heterocycles. The minimum absolute atomic E-state index is 0.00288. The van der Waals surface area contributed by atoms with Gasteiger partial charge in [0.2, 0.25) is 5.91 Å². The first-order valence-electron chi connectivity index (χ1n) is 10.4. The van der Waals surface area contributed by atoms with Crippen molar-refractivity contribution in [1.82, 2.24) is 10.0 Å². The molecule has 2 N–H and O–H groups in total. The Kier molecular flexibility index (Phi) is 7.50. The number of nitrogens with one attached hydrogen (secondary N) is 2. The van der Waals surface area contributed by atoms with Gasteiger partial charge in [0.25, 0.3) is 10.0 Å². The van der Waals surface area contributed by atoms with Crippen molar-refractivity contribution in [2.75, 3.05) is 11.9 Å². The first-order chi connectivity index (χ1) is 15.7. The van der Waals surface area contributed by atoms with Crippen molar-refractivity contribution in [3.05, 3.63) is 95.6 Å². The van der Waals surface area contributed by atoms with Gasteiger partial charge in [-0.2, -0.15) is 0 Å². The monoisotopic (exact) mass is 465 g/mol. The number of para-hydroxylation sites is 1. The molecule has 0 aliphatic rings. The standard InChI is InChI=1S/C25H27N3O4S/c1-18-11-7-9-15-22(18)28(3)24(29)21(17-20-13-5-4-6-14-20)26-25(30)27-33(31,32)23-16-10-8-12-19(23)2/h4-16,21H,17H2,1-3H3,(H2,26,27,30). The van der Waals surface area contributed by atoms with E-state index in [9.17, 15) is 18.0 Å². The molecule has 0 saturated carbocycles. The van der Waals surface area contributed by atoms with Gasteiger partial charge in [-0.3, -0.25) is 4.79 Å². The smallest absolute Gasteiger partial charge is 0.325 e. The number of carbonyl (C=O) groups excluding carboxylic acids is 2. The minimum atomic E-state index is -4.10. The van der Waals surface area contributed by atoms with Crippen LogP contribution in [0.15, 0.2) is 83.8 Å². The fourth-order valence-corrected chi connectivity index (χ4v) is 4.73. The molecule has 0 spiro atoms. The number of aryl methyl sites for hydroxylation is 2. The molecule has 3 aromatic rings. The van der Waals surface area contributed by atoms with Crippen LogP contribution in [0.1, 0.15) is 16.7 Å². The number of likely N-dealkylation sites (N-methyl/N-ethyl adjacent to an activating group) is 1. The van der Waals surface area contributed by atoms with Crippen molar-refractivity contribution in [3.8, 4) is 0 Å². The van der Waals surface area contributed by atoms with E-state index in [1.165, 1.54) is 11.0 Å². The van der Waals surface area contributed by atoms with Gasteiger partial charge in [-0.05, 0) is 42.7 Å². The highest BCUT2D eigenvalue weighted by atomic mass is 32.2. The van der Waals surface area contributed by atoms with E-state index in [4.69, 9.17) is 0 Å². The van der Waals surface area contributed by atoms with Crippen LogP contribution in [0, 0.1) is 13.8 Å². The lowest BCUT2D eigenvalue weighted by Gasteiger charge is -2.26. The summed E-state index contributed by atoms with van der Waals surface area (Å²) in [5, 5.41) is 2.56. The SMILES string of the molecule is Cc1ccccc1N(C)C(=O)C(Cc1ccccc1)NC(=O)NS(=O)(=O)c1ccccc1C. The number of hydrogen-bond acceptors (Lipinski definition) is 4. The summed E-state index contributed by atoms with van der Waals surface area (Å²) in [7, 11) is -2.47. The molecular formula is C25H27N3O4S. The first-order valence-corrected chi connectivity index (χ1v) is 11.9. The number of amides is 3. The molecule has 1 atom stereocenters. The van der Waals surface area contributed by atoms with E-state index in [1.807, 2.05) is 66.2 Å². The van der Waals surface area contributed by atoms with Gasteiger partial charge < -0.3 is 10.2 Å². The van der Waals surface area contributed by atoms with Gasteiger partial charge in [-0.15, -0.1) is 0 Å². The van der Waals surface area contributed by atoms with E-state index in [2.05, 4.69) is 5.32 Å². The summed E-state index contributed by atoms with van der Waals surface area (Å²) in [6.07, 6.45) is 0.202. The van der Waals surface area contributed by atoms with Crippen molar-refractivity contribution in [3.63, 3.8) is 0 Å². The van der Waals surface area contributed by atoms with E-state index < -0.39 is 22.1 Å². The average molecular weight is 466 g/mol. The number of nitrogens with zero attached hydrogens (tertiary/aromatic N) is 1. The highest BCUT2D eigenvalue weighted by Gasteiger charge is 2.28. The van der Waals surface area contributed by atoms with Gasteiger partial charge in [0.15, 0.2) is 0 Å². The zero-order valence-electron chi connectivity index (χ0n) is 18.8. The maximum atomic E-state index is 13.4. The Morgan fingerprint density at radius 3 is 2.06 bits per heavy atom. The van der Waals surface area contributed by atoms with Crippen molar-refractivity contribution in [2.24, 2.45) is 0 Å². The van der Waals surface area contributed by atoms with E-state index in [1.54, 1.807) is 32.2 Å². The molecule has 0 aliphatic carbocycles. The maximum Gasteiger partial charge on any atom is 0.329 e. The number of rotatable bonds is 7. The molecule has 1 unspecified atom stereocenters. The molecule has 0 aliphatic heterocycles. The van der Waals surface area contributed by atoms with Gasteiger partial charge in [-0.1, -0.05) is 66.7 Å². The Labute approximate surface area is 194 Å². The summed E-state index contributed by atoms with van der Waals surface area (Å²) in [6.45, 7) is 3.53. The number of anilines is 1. The molecule has 0 fully saturated rings. The van der Waals surface area contributed by atoms with E-state index in [0.29, 0.717) is 11.3 Å². The van der Waals surface area contributed by atoms with Gasteiger partial charge in [-0.25, -0.2) is 17.9 Å². The molecule has 172 valence electrons. The fourth-order valence-electron chi connectivity index (χ4n) is 3.56. The zero-order valence-corrected chi connectivity index (χ0v) is 19.6. The minimum Gasteiger partial charge on any atom is -0.325 e. The predicted molar refractivity (Wildman–Crippen MR) is 129 cm³/mol. The summed E-state index contributed by atoms with van der Waals surface area (Å²) in [5.74, 6) is -0.364. The Hall–Kier alpha value is -3.65. The van der Waals surface area contributed by atoms with Crippen molar-refractivity contribution in [2.45, 2.75) is 31.2 Å². The highest BCUT2D eigenvalue weighted by molar-refractivity contribution is 7.90. The van der Waals surface area contributed by atoms with Crippen molar-refractivity contribution < 1.29 is 18.0 Å². The third-order valence-corrected chi connectivity index (χ3v) is 6.79. The summed E-state index contributed by atoms with van der Waals surface area (Å²) in [5.41, 5.74) is 2.94. The normalized spacial score (nSPS) is 12.0. The second kappa shape index (κ2) is 10.3. The number of carbonyl (C=O) groups is 2. The third kappa shape index (κ3) is 5.98. The van der Waals surface area contributed by atoms with Crippen LogP contribution in [0.5, 0.6) is 0 Å². The lowest BCUT2D eigenvalue weighted by Crippen LogP contribution is -2.52. The third-order valence-electron chi connectivity index (χ3n) is 5.30. The molecule has 3 rings (SSSR count). The number of hydrogen-bond donors (Lipinski definition) is 2. The Morgan fingerprint density at radius 2 is 1.42 bits per heavy atom. The van der Waals surface area contributed by atoms with Crippen LogP contribution in [0.25, 0.3) is 0 Å².